The number of nitrogens with one attached hydrogen (secondary N) is 1. The molecular weight excluding hydrogens is 234 g/mol. The Hall–Kier alpha value is -0.830. The average molecular weight is 263 g/mol. The Morgan fingerprint density at radius 3 is 2.74 bits per heavy atom. The molecule has 0 amide bonds. The van der Waals surface area contributed by atoms with Gasteiger partial charge in [-0.1, -0.05) is 26.2 Å². The van der Waals surface area contributed by atoms with E-state index >= 15 is 0 Å². The van der Waals surface area contributed by atoms with Crippen molar-refractivity contribution in [2.24, 2.45) is 5.92 Å². The molecule has 0 bridgehead atoms. The topological polar surface area (TPSA) is 29.9 Å². The van der Waals surface area contributed by atoms with E-state index < -0.39 is 0 Å². The standard InChI is InChI=1S/C16H29N3/c1-4-13(2)19-11-10-16(18-19)12-17-14(3)15-8-6-5-7-9-15/h10-11,13-15,17H,4-9,12H2,1-3H3/t13?,14-/m0/s1. The van der Waals surface area contributed by atoms with Crippen molar-refractivity contribution in [3.63, 3.8) is 0 Å². The van der Waals surface area contributed by atoms with Crippen LogP contribution in [0.15, 0.2) is 12.3 Å². The Morgan fingerprint density at radius 1 is 1.32 bits per heavy atom. The molecule has 0 radical (unpaired) electrons. The van der Waals surface area contributed by atoms with Crippen molar-refractivity contribution in [3.05, 3.63) is 18.0 Å². The summed E-state index contributed by atoms with van der Waals surface area (Å²) < 4.78 is 2.09. The second-order valence-corrected chi connectivity index (χ2v) is 6.11. The van der Waals surface area contributed by atoms with Gasteiger partial charge in [0, 0.05) is 24.8 Å². The van der Waals surface area contributed by atoms with Gasteiger partial charge in [0.1, 0.15) is 0 Å². The first-order valence-corrected chi connectivity index (χ1v) is 7.98. The fraction of sp³-hybridized carbons (Fsp3) is 0.812. The first-order chi connectivity index (χ1) is 9.20. The molecule has 1 heterocycles. The lowest BCUT2D eigenvalue weighted by Gasteiger charge is -2.28. The van der Waals surface area contributed by atoms with Crippen molar-refractivity contribution in [2.45, 2.75) is 77.9 Å². The SMILES string of the molecule is CCC(C)n1ccc(CN[C@@H](C)C2CCCCC2)n1. The lowest BCUT2D eigenvalue weighted by Crippen LogP contribution is -2.34. The maximum Gasteiger partial charge on any atom is 0.0762 e. The zero-order valence-electron chi connectivity index (χ0n) is 12.7. The number of rotatable bonds is 6. The third-order valence-corrected chi connectivity index (χ3v) is 4.67. The van der Waals surface area contributed by atoms with Crippen molar-refractivity contribution in [1.29, 1.82) is 0 Å². The summed E-state index contributed by atoms with van der Waals surface area (Å²) in [5.74, 6) is 0.866. The van der Waals surface area contributed by atoms with Gasteiger partial charge in [0.05, 0.1) is 5.69 Å². The van der Waals surface area contributed by atoms with E-state index in [1.807, 2.05) is 0 Å². The number of aromatic nitrogens is 2. The molecule has 0 spiro atoms. The summed E-state index contributed by atoms with van der Waals surface area (Å²) in [5, 5.41) is 8.32. The molecule has 1 aliphatic carbocycles. The van der Waals surface area contributed by atoms with Gasteiger partial charge in [0.15, 0.2) is 0 Å². The van der Waals surface area contributed by atoms with E-state index in [-0.39, 0.29) is 0 Å². The molecule has 1 aromatic heterocycles. The predicted octanol–water partition coefficient (Wildman–Crippen LogP) is 3.91. The molecule has 19 heavy (non-hydrogen) atoms. The molecule has 2 rings (SSSR count). The normalized spacial score (nSPS) is 20.4. The van der Waals surface area contributed by atoms with Crippen molar-refractivity contribution in [2.75, 3.05) is 0 Å². The van der Waals surface area contributed by atoms with Gasteiger partial charge in [-0.25, -0.2) is 0 Å². The zero-order chi connectivity index (χ0) is 13.7. The van der Waals surface area contributed by atoms with Gasteiger partial charge in [-0.2, -0.15) is 5.10 Å². The van der Waals surface area contributed by atoms with E-state index in [9.17, 15) is 0 Å². The molecule has 1 fully saturated rings. The summed E-state index contributed by atoms with van der Waals surface area (Å²) in [4.78, 5) is 0. The highest BCUT2D eigenvalue weighted by atomic mass is 15.3. The van der Waals surface area contributed by atoms with E-state index in [0.717, 1.165) is 18.9 Å². The van der Waals surface area contributed by atoms with Crippen LogP contribution in [-0.2, 0) is 6.54 Å². The lowest BCUT2D eigenvalue weighted by molar-refractivity contribution is 0.279. The molecule has 1 N–H and O–H groups in total. The van der Waals surface area contributed by atoms with Gasteiger partial charge in [-0.15, -0.1) is 0 Å². The average Bonchev–Trinajstić information content (AvgIpc) is 2.93. The highest BCUT2D eigenvalue weighted by molar-refractivity contribution is 4.99. The van der Waals surface area contributed by atoms with Gasteiger partial charge in [0.2, 0.25) is 0 Å². The van der Waals surface area contributed by atoms with Crippen LogP contribution in [0, 0.1) is 5.92 Å². The summed E-state index contributed by atoms with van der Waals surface area (Å²) in [6, 6.07) is 3.27. The first kappa shape index (κ1) is 14.6. The van der Waals surface area contributed by atoms with Crippen LogP contribution in [0.25, 0.3) is 0 Å². The second-order valence-electron chi connectivity index (χ2n) is 6.11. The molecule has 3 nitrogen and oxygen atoms in total. The minimum absolute atomic E-state index is 0.504. The van der Waals surface area contributed by atoms with Gasteiger partial charge in [-0.3, -0.25) is 4.68 Å². The van der Waals surface area contributed by atoms with Gasteiger partial charge in [0.25, 0.3) is 0 Å². The minimum Gasteiger partial charge on any atom is -0.308 e. The maximum atomic E-state index is 4.65. The van der Waals surface area contributed by atoms with Gasteiger partial charge < -0.3 is 5.32 Å². The van der Waals surface area contributed by atoms with Crippen molar-refractivity contribution >= 4 is 0 Å². The quantitative estimate of drug-likeness (QED) is 0.843. The highest BCUT2D eigenvalue weighted by Crippen LogP contribution is 2.26. The summed E-state index contributed by atoms with van der Waals surface area (Å²) in [5.41, 5.74) is 1.17. The van der Waals surface area contributed by atoms with Crippen LogP contribution in [0.2, 0.25) is 0 Å². The van der Waals surface area contributed by atoms with Crippen molar-refractivity contribution in [1.82, 2.24) is 15.1 Å². The van der Waals surface area contributed by atoms with Crippen LogP contribution in [-0.4, -0.2) is 15.8 Å². The largest absolute Gasteiger partial charge is 0.308 e. The molecular formula is C16H29N3. The molecule has 1 aromatic rings. The Morgan fingerprint density at radius 2 is 2.05 bits per heavy atom. The fourth-order valence-corrected chi connectivity index (χ4v) is 2.97. The first-order valence-electron chi connectivity index (χ1n) is 7.98. The molecule has 108 valence electrons. The molecule has 0 aliphatic heterocycles. The van der Waals surface area contributed by atoms with E-state index in [2.05, 4.69) is 48.1 Å². The van der Waals surface area contributed by atoms with Crippen LogP contribution >= 0.6 is 0 Å². The van der Waals surface area contributed by atoms with Crippen molar-refractivity contribution < 1.29 is 0 Å². The number of nitrogens with zero attached hydrogens (tertiary/aromatic N) is 2. The molecule has 0 saturated heterocycles. The number of hydrogen-bond donors (Lipinski definition) is 1. The van der Waals surface area contributed by atoms with Gasteiger partial charge >= 0.3 is 0 Å². The van der Waals surface area contributed by atoms with E-state index in [4.69, 9.17) is 0 Å². The summed E-state index contributed by atoms with van der Waals surface area (Å²) >= 11 is 0. The second kappa shape index (κ2) is 7.09. The predicted molar refractivity (Wildman–Crippen MR) is 80.1 cm³/mol. The Bertz CT molecular complexity index is 366. The molecule has 2 atom stereocenters. The minimum atomic E-state index is 0.504. The lowest BCUT2D eigenvalue weighted by atomic mass is 9.84. The van der Waals surface area contributed by atoms with Crippen LogP contribution in [0.1, 0.15) is 71.0 Å². The van der Waals surface area contributed by atoms with E-state index in [0.29, 0.717) is 12.1 Å². The Kier molecular flexibility index (Phi) is 5.44. The highest BCUT2D eigenvalue weighted by Gasteiger charge is 2.19. The van der Waals surface area contributed by atoms with Gasteiger partial charge in [-0.05, 0) is 45.1 Å². The van der Waals surface area contributed by atoms with Crippen LogP contribution in [0.4, 0.5) is 0 Å². The Labute approximate surface area is 117 Å². The molecule has 1 saturated carbocycles. The summed E-state index contributed by atoms with van der Waals surface area (Å²) in [7, 11) is 0. The van der Waals surface area contributed by atoms with Crippen LogP contribution < -0.4 is 5.32 Å². The molecule has 1 aliphatic rings. The number of hydrogen-bond acceptors (Lipinski definition) is 2. The van der Waals surface area contributed by atoms with Crippen molar-refractivity contribution in [3.8, 4) is 0 Å². The Balaban J connectivity index is 1.79. The smallest absolute Gasteiger partial charge is 0.0762 e. The van der Waals surface area contributed by atoms with Crippen LogP contribution in [0.3, 0.4) is 0 Å². The van der Waals surface area contributed by atoms with Crippen LogP contribution in [0.5, 0.6) is 0 Å². The van der Waals surface area contributed by atoms with E-state index in [1.54, 1.807) is 0 Å². The third kappa shape index (κ3) is 4.07. The van der Waals surface area contributed by atoms with E-state index in [1.165, 1.54) is 37.8 Å². The summed E-state index contributed by atoms with van der Waals surface area (Å²) in [6.45, 7) is 7.66. The summed E-state index contributed by atoms with van der Waals surface area (Å²) in [6.07, 6.45) is 10.3. The zero-order valence-corrected chi connectivity index (χ0v) is 12.7. The monoisotopic (exact) mass is 263 g/mol. The third-order valence-electron chi connectivity index (χ3n) is 4.67. The maximum absolute atomic E-state index is 4.65. The molecule has 1 unspecified atom stereocenters. The molecule has 0 aromatic carbocycles. The fourth-order valence-electron chi connectivity index (χ4n) is 2.97. The molecule has 3 heteroatoms.